The molecule has 8 heteroatoms. The highest BCUT2D eigenvalue weighted by Crippen LogP contribution is 2.46. The van der Waals surface area contributed by atoms with Gasteiger partial charge in [0, 0.05) is 16.6 Å². The smallest absolute Gasteiger partial charge is 0.325 e. The summed E-state index contributed by atoms with van der Waals surface area (Å²) in [5.41, 5.74) is -0.0738. The first kappa shape index (κ1) is 21.9. The second-order valence-corrected chi connectivity index (χ2v) is 9.94. The van der Waals surface area contributed by atoms with Gasteiger partial charge < -0.3 is 10.6 Å². The van der Waals surface area contributed by atoms with Crippen molar-refractivity contribution in [3.63, 3.8) is 0 Å². The fraction of sp³-hybridized carbons (Fsp3) is 0.571. The van der Waals surface area contributed by atoms with Crippen LogP contribution in [0.5, 0.6) is 0 Å². The fourth-order valence-electron chi connectivity index (χ4n) is 4.91. The van der Waals surface area contributed by atoms with Crippen molar-refractivity contribution in [1.29, 1.82) is 0 Å². The number of carbonyl (C=O) groups is 3. The summed E-state index contributed by atoms with van der Waals surface area (Å²) in [6.45, 7) is 6.39. The third-order valence-corrected chi connectivity index (χ3v) is 6.24. The first-order chi connectivity index (χ1) is 13.5. The Morgan fingerprint density at radius 3 is 2.66 bits per heavy atom. The van der Waals surface area contributed by atoms with Gasteiger partial charge in [-0.1, -0.05) is 50.0 Å². The van der Waals surface area contributed by atoms with Crippen LogP contribution in [0.1, 0.15) is 45.6 Å². The molecule has 0 radical (unpaired) electrons. The van der Waals surface area contributed by atoms with E-state index in [1.165, 1.54) is 0 Å². The van der Waals surface area contributed by atoms with E-state index in [0.29, 0.717) is 41.8 Å². The molecule has 3 rings (SSSR count). The Morgan fingerprint density at radius 1 is 1.28 bits per heavy atom. The van der Waals surface area contributed by atoms with Gasteiger partial charge in [0.15, 0.2) is 0 Å². The van der Waals surface area contributed by atoms with Crippen LogP contribution in [0, 0.1) is 11.3 Å². The molecule has 1 spiro atoms. The highest BCUT2D eigenvalue weighted by Gasteiger charge is 2.56. The van der Waals surface area contributed by atoms with Gasteiger partial charge in [-0.25, -0.2) is 4.79 Å². The van der Waals surface area contributed by atoms with E-state index in [9.17, 15) is 14.4 Å². The van der Waals surface area contributed by atoms with Gasteiger partial charge in [-0.2, -0.15) is 0 Å². The van der Waals surface area contributed by atoms with Crippen molar-refractivity contribution in [2.45, 2.75) is 52.0 Å². The van der Waals surface area contributed by atoms with E-state index in [4.69, 9.17) is 23.2 Å². The Morgan fingerprint density at radius 2 is 2.00 bits per heavy atom. The summed E-state index contributed by atoms with van der Waals surface area (Å²) in [4.78, 5) is 38.9. The van der Waals surface area contributed by atoms with Gasteiger partial charge in [-0.3, -0.25) is 14.5 Å². The summed E-state index contributed by atoms with van der Waals surface area (Å²) in [5, 5.41) is 6.73. The molecule has 1 aromatic rings. The molecule has 158 valence electrons. The van der Waals surface area contributed by atoms with Crippen molar-refractivity contribution in [3.05, 3.63) is 33.8 Å². The van der Waals surface area contributed by atoms with Crippen LogP contribution in [0.3, 0.4) is 0 Å². The number of hydrogen-bond acceptors (Lipinski definition) is 3. The summed E-state index contributed by atoms with van der Waals surface area (Å²) >= 11 is 12.0. The standard InChI is InChI=1S/C21H27Cl2N3O3/c1-13-9-20(2,3)12-21(10-13)18(28)26(19(29)25-21)11-17(27)24-7-6-14-4-5-15(22)8-16(14)23/h4-5,8,13H,6-7,9-12H2,1-3H3,(H,24,27)(H,25,29). The lowest BCUT2D eigenvalue weighted by molar-refractivity contribution is -0.137. The molecule has 1 saturated heterocycles. The second-order valence-electron chi connectivity index (χ2n) is 9.09. The monoisotopic (exact) mass is 439 g/mol. The number of halogens is 2. The molecule has 2 aliphatic rings. The van der Waals surface area contributed by atoms with Crippen LogP contribution in [0.4, 0.5) is 4.79 Å². The minimum absolute atomic E-state index is 0.0449. The molecule has 4 amide bonds. The summed E-state index contributed by atoms with van der Waals surface area (Å²) < 4.78 is 0. The van der Waals surface area contributed by atoms with Crippen molar-refractivity contribution in [2.24, 2.45) is 11.3 Å². The van der Waals surface area contributed by atoms with E-state index in [2.05, 4.69) is 31.4 Å². The Hall–Kier alpha value is -1.79. The molecule has 6 nitrogen and oxygen atoms in total. The molecule has 0 aromatic heterocycles. The molecule has 1 aliphatic heterocycles. The summed E-state index contributed by atoms with van der Waals surface area (Å²) in [6.07, 6.45) is 2.72. The number of rotatable bonds is 5. The first-order valence-corrected chi connectivity index (χ1v) is 10.6. The van der Waals surface area contributed by atoms with E-state index in [0.717, 1.165) is 16.9 Å². The van der Waals surface area contributed by atoms with Crippen molar-refractivity contribution < 1.29 is 14.4 Å². The molecule has 2 atom stereocenters. The topological polar surface area (TPSA) is 78.5 Å². The quantitative estimate of drug-likeness (QED) is 0.684. The minimum atomic E-state index is -0.893. The molecule has 1 aliphatic carbocycles. The van der Waals surface area contributed by atoms with Gasteiger partial charge in [0.05, 0.1) is 0 Å². The lowest BCUT2D eigenvalue weighted by Gasteiger charge is -2.43. The molecule has 1 aromatic carbocycles. The summed E-state index contributed by atoms with van der Waals surface area (Å²) in [7, 11) is 0. The molecule has 2 unspecified atom stereocenters. The van der Waals surface area contributed by atoms with Crippen LogP contribution in [0.2, 0.25) is 10.0 Å². The lowest BCUT2D eigenvalue weighted by atomic mass is 9.64. The van der Waals surface area contributed by atoms with E-state index in [-0.39, 0.29) is 23.8 Å². The molecular formula is C21H27Cl2N3O3. The lowest BCUT2D eigenvalue weighted by Crippen LogP contribution is -2.54. The van der Waals surface area contributed by atoms with Crippen LogP contribution in [-0.4, -0.2) is 41.4 Å². The highest BCUT2D eigenvalue weighted by molar-refractivity contribution is 6.35. The Kier molecular flexibility index (Phi) is 6.16. The molecule has 1 heterocycles. The maximum atomic E-state index is 13.1. The average Bonchev–Trinajstić information content (AvgIpc) is 2.78. The Balaban J connectivity index is 1.58. The second kappa shape index (κ2) is 8.15. The summed E-state index contributed by atoms with van der Waals surface area (Å²) in [6, 6.07) is 4.71. The van der Waals surface area contributed by atoms with Gasteiger partial charge in [-0.15, -0.1) is 0 Å². The third kappa shape index (κ3) is 4.86. The number of amides is 4. The van der Waals surface area contributed by atoms with E-state index < -0.39 is 11.6 Å². The third-order valence-electron chi connectivity index (χ3n) is 5.66. The van der Waals surface area contributed by atoms with Crippen LogP contribution in [0.15, 0.2) is 18.2 Å². The van der Waals surface area contributed by atoms with E-state index in [1.807, 2.05) is 6.07 Å². The number of nitrogens with zero attached hydrogens (tertiary/aromatic N) is 1. The number of hydrogen-bond donors (Lipinski definition) is 2. The van der Waals surface area contributed by atoms with Gasteiger partial charge in [0.25, 0.3) is 5.91 Å². The van der Waals surface area contributed by atoms with E-state index >= 15 is 0 Å². The van der Waals surface area contributed by atoms with Gasteiger partial charge >= 0.3 is 6.03 Å². The molecule has 29 heavy (non-hydrogen) atoms. The zero-order chi connectivity index (χ0) is 21.4. The number of nitrogens with one attached hydrogen (secondary N) is 2. The predicted octanol–water partition coefficient (Wildman–Crippen LogP) is 3.79. The van der Waals surface area contributed by atoms with Crippen LogP contribution < -0.4 is 10.6 Å². The van der Waals surface area contributed by atoms with Gasteiger partial charge in [-0.05, 0) is 54.7 Å². The van der Waals surface area contributed by atoms with Crippen LogP contribution in [-0.2, 0) is 16.0 Å². The van der Waals surface area contributed by atoms with Crippen molar-refractivity contribution in [1.82, 2.24) is 15.5 Å². The molecule has 2 fully saturated rings. The number of benzene rings is 1. The fourth-order valence-corrected chi connectivity index (χ4v) is 5.41. The Bertz CT molecular complexity index is 842. The Labute approximate surface area is 181 Å². The zero-order valence-corrected chi connectivity index (χ0v) is 18.5. The summed E-state index contributed by atoms with van der Waals surface area (Å²) in [5.74, 6) is -0.349. The number of urea groups is 1. The van der Waals surface area contributed by atoms with Gasteiger partial charge in [0.2, 0.25) is 5.91 Å². The molecular weight excluding hydrogens is 413 g/mol. The largest absolute Gasteiger partial charge is 0.354 e. The first-order valence-electron chi connectivity index (χ1n) is 9.86. The molecule has 2 N–H and O–H groups in total. The molecule has 1 saturated carbocycles. The van der Waals surface area contributed by atoms with E-state index in [1.54, 1.807) is 12.1 Å². The highest BCUT2D eigenvalue weighted by atomic mass is 35.5. The average molecular weight is 440 g/mol. The van der Waals surface area contributed by atoms with Crippen molar-refractivity contribution in [3.8, 4) is 0 Å². The molecule has 0 bridgehead atoms. The van der Waals surface area contributed by atoms with Crippen LogP contribution >= 0.6 is 23.2 Å². The minimum Gasteiger partial charge on any atom is -0.354 e. The number of imide groups is 1. The van der Waals surface area contributed by atoms with Crippen LogP contribution in [0.25, 0.3) is 0 Å². The maximum absolute atomic E-state index is 13.1. The normalized spacial score (nSPS) is 26.0. The zero-order valence-electron chi connectivity index (χ0n) is 17.0. The van der Waals surface area contributed by atoms with Crippen molar-refractivity contribution in [2.75, 3.05) is 13.1 Å². The maximum Gasteiger partial charge on any atom is 0.325 e. The van der Waals surface area contributed by atoms with Gasteiger partial charge in [0.1, 0.15) is 12.1 Å². The van der Waals surface area contributed by atoms with Crippen molar-refractivity contribution >= 4 is 41.0 Å². The predicted molar refractivity (Wildman–Crippen MR) is 113 cm³/mol. The SMILES string of the molecule is CC1CC(C)(C)CC2(C1)NC(=O)N(CC(=O)NCCc1ccc(Cl)cc1Cl)C2=O. The number of carbonyl (C=O) groups excluding carboxylic acids is 3.